The number of carbonyl (C=O) groups is 1. The van der Waals surface area contributed by atoms with Crippen LogP contribution in [0.5, 0.6) is 0 Å². The van der Waals surface area contributed by atoms with E-state index in [1.807, 2.05) is 0 Å². The summed E-state index contributed by atoms with van der Waals surface area (Å²) in [6.07, 6.45) is 2.94. The minimum absolute atomic E-state index is 0.171. The van der Waals surface area contributed by atoms with E-state index in [0.29, 0.717) is 5.56 Å². The molecule has 2 heterocycles. The average molecular weight is 239 g/mol. The van der Waals surface area contributed by atoms with Crippen molar-refractivity contribution in [3.63, 3.8) is 0 Å². The zero-order valence-corrected chi connectivity index (χ0v) is 8.42. The van der Waals surface area contributed by atoms with Gasteiger partial charge >= 0.3 is 12.5 Å². The molecule has 0 radical (unpaired) electrons. The number of rotatable bonds is 3. The number of carboxylic acids is 1. The highest BCUT2D eigenvalue weighted by Crippen LogP contribution is 2.21. The fraction of sp³-hybridized carbons (Fsp3) is 0.100. The summed E-state index contributed by atoms with van der Waals surface area (Å²) >= 11 is 0. The van der Waals surface area contributed by atoms with E-state index in [4.69, 9.17) is 5.11 Å². The largest absolute Gasteiger partial charge is 0.477 e. The number of hydrogen-bond donors (Lipinski definition) is 1. The molecule has 0 atom stereocenters. The van der Waals surface area contributed by atoms with E-state index in [2.05, 4.69) is 10.1 Å². The summed E-state index contributed by atoms with van der Waals surface area (Å²) in [5.74, 6) is -1.45. The van der Waals surface area contributed by atoms with Gasteiger partial charge in [0.15, 0.2) is 5.69 Å². The van der Waals surface area contributed by atoms with Gasteiger partial charge in [-0.2, -0.15) is 18.6 Å². The summed E-state index contributed by atoms with van der Waals surface area (Å²) < 4.78 is 25.3. The van der Waals surface area contributed by atoms with Crippen molar-refractivity contribution in [3.8, 4) is 11.3 Å². The molecule has 7 heteroatoms. The highest BCUT2D eigenvalue weighted by atomic mass is 19.3. The maximum atomic E-state index is 12.5. The Hall–Kier alpha value is -2.31. The Morgan fingerprint density at radius 2 is 2.00 bits per heavy atom. The number of aromatic carboxylic acids is 1. The quantitative estimate of drug-likeness (QED) is 0.889. The number of hydrogen-bond acceptors (Lipinski definition) is 3. The minimum Gasteiger partial charge on any atom is -0.477 e. The van der Waals surface area contributed by atoms with Crippen molar-refractivity contribution < 1.29 is 18.7 Å². The predicted molar refractivity (Wildman–Crippen MR) is 53.7 cm³/mol. The molecule has 0 saturated heterocycles. The zero-order valence-electron chi connectivity index (χ0n) is 8.42. The van der Waals surface area contributed by atoms with Crippen LogP contribution in [0.1, 0.15) is 17.0 Å². The molecule has 0 aliphatic carbocycles. The van der Waals surface area contributed by atoms with Crippen molar-refractivity contribution in [2.45, 2.75) is 6.55 Å². The molecule has 17 heavy (non-hydrogen) atoms. The summed E-state index contributed by atoms with van der Waals surface area (Å²) in [4.78, 5) is 14.5. The molecule has 0 aliphatic heterocycles. The summed E-state index contributed by atoms with van der Waals surface area (Å²) in [6, 6.07) is 4.22. The first-order valence-electron chi connectivity index (χ1n) is 4.61. The van der Waals surface area contributed by atoms with Crippen LogP contribution in [0.15, 0.2) is 30.6 Å². The van der Waals surface area contributed by atoms with Gasteiger partial charge in [0, 0.05) is 18.0 Å². The molecular formula is C10H7F2N3O2. The first-order valence-corrected chi connectivity index (χ1v) is 4.61. The molecule has 0 saturated carbocycles. The number of nitrogens with zero attached hydrogens (tertiary/aromatic N) is 3. The second-order valence-electron chi connectivity index (χ2n) is 3.18. The third-order valence-electron chi connectivity index (χ3n) is 2.12. The lowest BCUT2D eigenvalue weighted by atomic mass is 10.2. The number of alkyl halides is 2. The third kappa shape index (κ3) is 2.12. The Bertz CT molecular complexity index is 540. The molecule has 88 valence electrons. The van der Waals surface area contributed by atoms with Crippen LogP contribution in [0.3, 0.4) is 0 Å². The second-order valence-corrected chi connectivity index (χ2v) is 3.18. The molecule has 0 aromatic carbocycles. The number of pyridine rings is 1. The average Bonchev–Trinajstić information content (AvgIpc) is 2.75. The molecule has 0 spiro atoms. The molecule has 0 unspecified atom stereocenters. The Kier molecular flexibility index (Phi) is 2.82. The summed E-state index contributed by atoms with van der Waals surface area (Å²) in [7, 11) is 0. The van der Waals surface area contributed by atoms with E-state index in [0.717, 1.165) is 6.07 Å². The maximum Gasteiger partial charge on any atom is 0.354 e. The first-order chi connectivity index (χ1) is 8.09. The Morgan fingerprint density at radius 1 is 1.35 bits per heavy atom. The van der Waals surface area contributed by atoms with Gasteiger partial charge in [-0.3, -0.25) is 4.98 Å². The van der Waals surface area contributed by atoms with Gasteiger partial charge in [0.25, 0.3) is 0 Å². The van der Waals surface area contributed by atoms with Crippen molar-refractivity contribution in [1.82, 2.24) is 14.8 Å². The summed E-state index contributed by atoms with van der Waals surface area (Å²) in [5, 5.41) is 12.3. The van der Waals surface area contributed by atoms with Gasteiger partial charge in [-0.1, -0.05) is 0 Å². The van der Waals surface area contributed by atoms with E-state index in [-0.39, 0.29) is 10.4 Å². The van der Waals surface area contributed by atoms with Crippen molar-refractivity contribution in [1.29, 1.82) is 0 Å². The number of aromatic nitrogens is 3. The van der Waals surface area contributed by atoms with Gasteiger partial charge in [0.05, 0.1) is 5.69 Å². The van der Waals surface area contributed by atoms with Gasteiger partial charge < -0.3 is 5.11 Å². The SMILES string of the molecule is O=C(O)c1cc(-c2ccncc2)nn1C(F)F. The second kappa shape index (κ2) is 4.28. The van der Waals surface area contributed by atoms with Crippen LogP contribution in [0, 0.1) is 0 Å². The van der Waals surface area contributed by atoms with Crippen molar-refractivity contribution in [2.24, 2.45) is 0 Å². The lowest BCUT2D eigenvalue weighted by molar-refractivity contribution is 0.0440. The summed E-state index contributed by atoms with van der Waals surface area (Å²) in [5.41, 5.74) is 0.152. The third-order valence-corrected chi connectivity index (χ3v) is 2.12. The standard InChI is InChI=1S/C10H7F2N3O2/c11-10(12)15-8(9(16)17)5-7(14-15)6-1-3-13-4-2-6/h1-5,10H,(H,16,17). The zero-order chi connectivity index (χ0) is 12.4. The van der Waals surface area contributed by atoms with Crippen molar-refractivity contribution >= 4 is 5.97 Å². The van der Waals surface area contributed by atoms with Crippen LogP contribution in [0.2, 0.25) is 0 Å². The molecular weight excluding hydrogens is 232 g/mol. The highest BCUT2D eigenvalue weighted by molar-refractivity contribution is 5.87. The van der Waals surface area contributed by atoms with E-state index in [1.165, 1.54) is 12.4 Å². The molecule has 2 aromatic heterocycles. The van der Waals surface area contributed by atoms with Gasteiger partial charge in [-0.05, 0) is 18.2 Å². The molecule has 5 nitrogen and oxygen atoms in total. The summed E-state index contributed by atoms with van der Waals surface area (Å²) in [6.45, 7) is -2.99. The van der Waals surface area contributed by atoms with Crippen LogP contribution >= 0.6 is 0 Å². The smallest absolute Gasteiger partial charge is 0.354 e. The van der Waals surface area contributed by atoms with Gasteiger partial charge in [0.1, 0.15) is 0 Å². The fourth-order valence-corrected chi connectivity index (χ4v) is 1.37. The lowest BCUT2D eigenvalue weighted by Gasteiger charge is -2.00. The molecule has 2 rings (SSSR count). The molecule has 2 aromatic rings. The number of carboxylic acid groups (broad SMARTS) is 1. The van der Waals surface area contributed by atoms with Crippen molar-refractivity contribution in [2.75, 3.05) is 0 Å². The molecule has 0 amide bonds. The molecule has 1 N–H and O–H groups in total. The van der Waals surface area contributed by atoms with E-state index < -0.39 is 18.2 Å². The van der Waals surface area contributed by atoms with E-state index in [1.54, 1.807) is 12.1 Å². The molecule has 0 aliphatic rings. The van der Waals surface area contributed by atoms with Crippen molar-refractivity contribution in [3.05, 3.63) is 36.3 Å². The van der Waals surface area contributed by atoms with Gasteiger partial charge in [0.2, 0.25) is 0 Å². The molecule has 0 fully saturated rings. The van der Waals surface area contributed by atoms with Crippen LogP contribution in [-0.4, -0.2) is 25.8 Å². The molecule has 0 bridgehead atoms. The van der Waals surface area contributed by atoms with E-state index in [9.17, 15) is 13.6 Å². The fourth-order valence-electron chi connectivity index (χ4n) is 1.37. The first kappa shape index (κ1) is 11.2. The van der Waals surface area contributed by atoms with Crippen LogP contribution in [-0.2, 0) is 0 Å². The van der Waals surface area contributed by atoms with Crippen LogP contribution in [0.4, 0.5) is 8.78 Å². The normalized spacial score (nSPS) is 10.8. The van der Waals surface area contributed by atoms with Gasteiger partial charge in [-0.15, -0.1) is 0 Å². The Labute approximate surface area is 94.3 Å². The monoisotopic (exact) mass is 239 g/mol. The highest BCUT2D eigenvalue weighted by Gasteiger charge is 2.20. The number of halogens is 2. The minimum atomic E-state index is -2.99. The topological polar surface area (TPSA) is 68.0 Å². The Balaban J connectivity index is 2.51. The van der Waals surface area contributed by atoms with E-state index >= 15 is 0 Å². The predicted octanol–water partition coefficient (Wildman–Crippen LogP) is 2.04. The van der Waals surface area contributed by atoms with Crippen LogP contribution in [0.25, 0.3) is 11.3 Å². The maximum absolute atomic E-state index is 12.5. The van der Waals surface area contributed by atoms with Gasteiger partial charge in [-0.25, -0.2) is 4.79 Å². The Morgan fingerprint density at radius 3 is 2.47 bits per heavy atom. The lowest BCUT2D eigenvalue weighted by Crippen LogP contribution is -2.10. The van der Waals surface area contributed by atoms with Crippen LogP contribution < -0.4 is 0 Å².